The van der Waals surface area contributed by atoms with Crippen LogP contribution in [0.3, 0.4) is 0 Å². The molecule has 0 aliphatic carbocycles. The second-order valence-corrected chi connectivity index (χ2v) is 5.42. The van der Waals surface area contributed by atoms with Gasteiger partial charge in [0, 0.05) is 33.8 Å². The van der Waals surface area contributed by atoms with Gasteiger partial charge in [0.25, 0.3) is 0 Å². The third kappa shape index (κ3) is 2.32. The van der Waals surface area contributed by atoms with Gasteiger partial charge in [-0.2, -0.15) is 5.10 Å². The highest BCUT2D eigenvalue weighted by molar-refractivity contribution is 5.97. The van der Waals surface area contributed by atoms with Gasteiger partial charge in [0.05, 0.1) is 17.6 Å². The molecule has 23 heavy (non-hydrogen) atoms. The molecule has 2 N–H and O–H groups in total. The topological polar surface area (TPSA) is 74.4 Å². The fraction of sp³-hybridized carbons (Fsp3) is 0.0556. The molecule has 0 saturated carbocycles. The molecule has 4 rings (SSSR count). The molecule has 112 valence electrons. The zero-order chi connectivity index (χ0) is 15.8. The van der Waals surface area contributed by atoms with Crippen molar-refractivity contribution in [1.82, 2.24) is 20.2 Å². The number of rotatable bonds is 2. The van der Waals surface area contributed by atoms with Crippen LogP contribution in [0.25, 0.3) is 33.4 Å². The minimum Gasteiger partial charge on any atom is -0.322 e. The van der Waals surface area contributed by atoms with Crippen LogP contribution in [-0.4, -0.2) is 20.2 Å². The maximum Gasteiger partial charge on any atom is 0.249 e. The van der Waals surface area contributed by atoms with E-state index in [4.69, 9.17) is 0 Å². The van der Waals surface area contributed by atoms with Gasteiger partial charge >= 0.3 is 0 Å². The summed E-state index contributed by atoms with van der Waals surface area (Å²) < 4.78 is 0. The lowest BCUT2D eigenvalue weighted by Gasteiger charge is -2.07. The fourth-order valence-corrected chi connectivity index (χ4v) is 2.80. The van der Waals surface area contributed by atoms with Gasteiger partial charge < -0.3 is 4.98 Å². The van der Waals surface area contributed by atoms with Crippen molar-refractivity contribution in [3.8, 4) is 22.5 Å². The summed E-state index contributed by atoms with van der Waals surface area (Å²) in [5, 5.41) is 8.15. The monoisotopic (exact) mass is 302 g/mol. The highest BCUT2D eigenvalue weighted by atomic mass is 16.1. The van der Waals surface area contributed by atoms with Gasteiger partial charge in [-0.3, -0.25) is 14.9 Å². The number of fused-ring (bicyclic) bond motifs is 1. The van der Waals surface area contributed by atoms with Crippen LogP contribution in [0.2, 0.25) is 0 Å². The van der Waals surface area contributed by atoms with Gasteiger partial charge in [0.1, 0.15) is 0 Å². The predicted octanol–water partition coefficient (Wildman–Crippen LogP) is 3.29. The Morgan fingerprint density at radius 3 is 2.74 bits per heavy atom. The van der Waals surface area contributed by atoms with Crippen molar-refractivity contribution in [3.05, 3.63) is 70.8 Å². The molecule has 0 aliphatic rings. The number of nitrogens with zero attached hydrogens (tertiary/aromatic N) is 2. The largest absolute Gasteiger partial charge is 0.322 e. The van der Waals surface area contributed by atoms with E-state index < -0.39 is 0 Å². The lowest BCUT2D eigenvalue weighted by atomic mass is 10.0. The zero-order valence-corrected chi connectivity index (χ0v) is 12.5. The van der Waals surface area contributed by atoms with Crippen LogP contribution in [0, 0.1) is 6.92 Å². The number of aryl methyl sites for hydroxylation is 1. The van der Waals surface area contributed by atoms with Crippen LogP contribution in [0.15, 0.2) is 59.5 Å². The molecule has 0 spiro atoms. The molecule has 1 aromatic carbocycles. The number of aromatic amines is 2. The Kier molecular flexibility index (Phi) is 3.05. The molecule has 3 aromatic heterocycles. The molecule has 0 saturated heterocycles. The van der Waals surface area contributed by atoms with Crippen molar-refractivity contribution in [3.63, 3.8) is 0 Å². The second kappa shape index (κ2) is 5.21. The third-order valence-electron chi connectivity index (χ3n) is 3.82. The summed E-state index contributed by atoms with van der Waals surface area (Å²) in [6, 6.07) is 15.2. The van der Waals surface area contributed by atoms with Crippen LogP contribution < -0.4 is 5.56 Å². The number of nitrogens with one attached hydrogen (secondary N) is 2. The standard InChI is InChI=1S/C18H14N4O/c1-11-5-4-8-16(20-11)18-14(10-19-22-18)13-9-17(23)21-15-7-3-2-6-12(13)15/h2-10H,1H3,(H,19,22)(H,21,23). The number of aromatic nitrogens is 4. The van der Waals surface area contributed by atoms with Crippen LogP contribution in [-0.2, 0) is 0 Å². The fourth-order valence-electron chi connectivity index (χ4n) is 2.80. The van der Waals surface area contributed by atoms with Crippen LogP contribution in [0.4, 0.5) is 0 Å². The Bertz CT molecular complexity index is 1060. The van der Waals surface area contributed by atoms with Crippen LogP contribution in [0.5, 0.6) is 0 Å². The number of para-hydroxylation sites is 1. The molecule has 0 unspecified atom stereocenters. The number of hydrogen-bond acceptors (Lipinski definition) is 3. The average molecular weight is 302 g/mol. The Labute approximate surface area is 132 Å². The summed E-state index contributed by atoms with van der Waals surface area (Å²) in [7, 11) is 0. The van der Waals surface area contributed by atoms with Crippen LogP contribution in [0.1, 0.15) is 5.69 Å². The quantitative estimate of drug-likeness (QED) is 0.596. The predicted molar refractivity (Wildman–Crippen MR) is 90.1 cm³/mol. The summed E-state index contributed by atoms with van der Waals surface area (Å²) in [5.41, 5.74) is 4.93. The summed E-state index contributed by atoms with van der Waals surface area (Å²) in [6.07, 6.45) is 1.74. The number of benzene rings is 1. The van der Waals surface area contributed by atoms with E-state index in [-0.39, 0.29) is 5.56 Å². The van der Waals surface area contributed by atoms with Gasteiger partial charge in [0.2, 0.25) is 5.56 Å². The summed E-state index contributed by atoms with van der Waals surface area (Å²) >= 11 is 0. The Balaban J connectivity index is 2.01. The summed E-state index contributed by atoms with van der Waals surface area (Å²) in [5.74, 6) is 0. The smallest absolute Gasteiger partial charge is 0.249 e. The van der Waals surface area contributed by atoms with E-state index in [0.717, 1.165) is 39.1 Å². The highest BCUT2D eigenvalue weighted by Gasteiger charge is 2.14. The minimum absolute atomic E-state index is 0.136. The maximum atomic E-state index is 12.0. The molecule has 0 aliphatic heterocycles. The highest BCUT2D eigenvalue weighted by Crippen LogP contribution is 2.32. The van der Waals surface area contributed by atoms with Gasteiger partial charge in [-0.05, 0) is 25.1 Å². The minimum atomic E-state index is -0.136. The van der Waals surface area contributed by atoms with Gasteiger partial charge in [-0.15, -0.1) is 0 Å². The maximum absolute atomic E-state index is 12.0. The molecule has 5 nitrogen and oxygen atoms in total. The lowest BCUT2D eigenvalue weighted by molar-refractivity contribution is 1.08. The van der Waals surface area contributed by atoms with Gasteiger partial charge in [0.15, 0.2) is 0 Å². The van der Waals surface area contributed by atoms with Crippen LogP contribution >= 0.6 is 0 Å². The molecule has 0 bridgehead atoms. The third-order valence-corrected chi connectivity index (χ3v) is 3.82. The Morgan fingerprint density at radius 2 is 1.87 bits per heavy atom. The van der Waals surface area contributed by atoms with Crippen molar-refractivity contribution in [2.75, 3.05) is 0 Å². The molecule has 4 aromatic rings. The second-order valence-electron chi connectivity index (χ2n) is 5.42. The average Bonchev–Trinajstić information content (AvgIpc) is 3.03. The molecular weight excluding hydrogens is 288 g/mol. The SMILES string of the molecule is Cc1cccc(-c2[nH]ncc2-c2cc(=O)[nH]c3ccccc23)n1. The first-order valence-corrected chi connectivity index (χ1v) is 7.32. The van der Waals surface area contributed by atoms with Crippen molar-refractivity contribution in [1.29, 1.82) is 0 Å². The first kappa shape index (κ1) is 13.5. The van der Waals surface area contributed by atoms with Crippen molar-refractivity contribution < 1.29 is 0 Å². The van der Waals surface area contributed by atoms with E-state index in [2.05, 4.69) is 20.2 Å². The first-order chi connectivity index (χ1) is 11.2. The molecule has 3 heterocycles. The van der Waals surface area contributed by atoms with E-state index >= 15 is 0 Å². The van der Waals surface area contributed by atoms with E-state index in [1.54, 1.807) is 12.3 Å². The van der Waals surface area contributed by atoms with E-state index in [0.29, 0.717) is 0 Å². The Morgan fingerprint density at radius 1 is 1.00 bits per heavy atom. The Hall–Kier alpha value is -3.21. The van der Waals surface area contributed by atoms with Gasteiger partial charge in [-0.25, -0.2) is 0 Å². The molecular formula is C18H14N4O. The zero-order valence-electron chi connectivity index (χ0n) is 12.5. The first-order valence-electron chi connectivity index (χ1n) is 7.32. The number of hydrogen-bond donors (Lipinski definition) is 2. The number of H-pyrrole nitrogens is 2. The lowest BCUT2D eigenvalue weighted by Crippen LogP contribution is -2.04. The van der Waals surface area contributed by atoms with Crippen molar-refractivity contribution in [2.45, 2.75) is 6.92 Å². The van der Waals surface area contributed by atoms with E-state index in [1.807, 2.05) is 49.4 Å². The molecule has 0 atom stereocenters. The molecule has 0 amide bonds. The molecule has 5 heteroatoms. The number of pyridine rings is 2. The summed E-state index contributed by atoms with van der Waals surface area (Å²) in [4.78, 5) is 19.4. The van der Waals surface area contributed by atoms with Crippen molar-refractivity contribution >= 4 is 10.9 Å². The molecule has 0 fully saturated rings. The van der Waals surface area contributed by atoms with E-state index in [9.17, 15) is 4.79 Å². The molecule has 0 radical (unpaired) electrons. The van der Waals surface area contributed by atoms with E-state index in [1.165, 1.54) is 0 Å². The normalized spacial score (nSPS) is 11.0. The summed E-state index contributed by atoms with van der Waals surface area (Å²) in [6.45, 7) is 1.95. The van der Waals surface area contributed by atoms with Gasteiger partial charge in [-0.1, -0.05) is 24.3 Å². The van der Waals surface area contributed by atoms with Crippen molar-refractivity contribution in [2.24, 2.45) is 0 Å².